The lowest BCUT2D eigenvalue weighted by Gasteiger charge is -2.17. The molecular weight excluding hydrogens is 268 g/mol. The smallest absolute Gasteiger partial charge is 0.333 e. The van der Waals surface area contributed by atoms with Crippen molar-refractivity contribution >= 4 is 11.9 Å². The van der Waals surface area contributed by atoms with Crippen molar-refractivity contribution < 1.29 is 14.3 Å². The fourth-order valence-corrected chi connectivity index (χ4v) is 1.96. The Bertz CT molecular complexity index is 641. The number of hydrogen-bond acceptors (Lipinski definition) is 4. The largest absolute Gasteiger partial charge is 0.467 e. The van der Waals surface area contributed by atoms with Gasteiger partial charge in [-0.1, -0.05) is 29.8 Å². The van der Waals surface area contributed by atoms with E-state index in [1.54, 1.807) is 24.4 Å². The zero-order valence-corrected chi connectivity index (χ0v) is 11.9. The molecule has 108 valence electrons. The van der Waals surface area contributed by atoms with Gasteiger partial charge < -0.3 is 10.1 Å². The Kier molecular flexibility index (Phi) is 4.66. The van der Waals surface area contributed by atoms with E-state index in [-0.39, 0.29) is 5.91 Å². The normalized spacial score (nSPS) is 11.5. The van der Waals surface area contributed by atoms with E-state index < -0.39 is 12.0 Å². The Morgan fingerprint density at radius 3 is 2.67 bits per heavy atom. The number of rotatable bonds is 4. The molecule has 1 aromatic heterocycles. The highest BCUT2D eigenvalue weighted by Crippen LogP contribution is 2.16. The summed E-state index contributed by atoms with van der Waals surface area (Å²) in [6, 6.07) is 9.81. The van der Waals surface area contributed by atoms with Crippen molar-refractivity contribution in [3.8, 4) is 0 Å². The topological polar surface area (TPSA) is 68.3 Å². The number of benzene rings is 1. The molecule has 2 aromatic rings. The van der Waals surface area contributed by atoms with Crippen LogP contribution < -0.4 is 5.32 Å². The van der Waals surface area contributed by atoms with E-state index in [2.05, 4.69) is 10.3 Å². The molecular formula is C16H16N2O3. The number of aryl methyl sites for hydroxylation is 1. The molecule has 21 heavy (non-hydrogen) atoms. The second kappa shape index (κ2) is 6.65. The maximum absolute atomic E-state index is 12.2. The van der Waals surface area contributed by atoms with E-state index in [1.807, 2.05) is 25.1 Å². The van der Waals surface area contributed by atoms with Gasteiger partial charge in [0.25, 0.3) is 5.91 Å². The molecule has 1 aromatic carbocycles. The van der Waals surface area contributed by atoms with Gasteiger partial charge in [-0.3, -0.25) is 9.78 Å². The minimum Gasteiger partial charge on any atom is -0.467 e. The third-order valence-corrected chi connectivity index (χ3v) is 3.01. The Balaban J connectivity index is 2.26. The van der Waals surface area contributed by atoms with Crippen LogP contribution in [0.5, 0.6) is 0 Å². The first-order valence-corrected chi connectivity index (χ1v) is 6.47. The Hall–Kier alpha value is -2.69. The molecule has 5 heteroatoms. The number of carbonyl (C=O) groups is 2. The minimum absolute atomic E-state index is 0.375. The van der Waals surface area contributed by atoms with Gasteiger partial charge in [0.1, 0.15) is 0 Å². The quantitative estimate of drug-likeness (QED) is 0.872. The molecule has 0 saturated heterocycles. The zero-order valence-electron chi connectivity index (χ0n) is 11.9. The second-order valence-corrected chi connectivity index (χ2v) is 4.59. The minimum atomic E-state index is -0.845. The highest BCUT2D eigenvalue weighted by molar-refractivity contribution is 5.96. The molecule has 0 fully saturated rings. The first-order chi connectivity index (χ1) is 10.1. The first kappa shape index (κ1) is 14.7. The lowest BCUT2D eigenvalue weighted by molar-refractivity contribution is -0.143. The monoisotopic (exact) mass is 284 g/mol. The standard InChI is InChI=1S/C16H16N2O3/c1-11-5-3-6-12(9-11)14(16(20)21-2)18-15(19)13-7-4-8-17-10-13/h3-10,14H,1-2H3,(H,18,19)/t14-/m1/s1. The number of hydrogen-bond donors (Lipinski definition) is 1. The van der Waals surface area contributed by atoms with Crippen molar-refractivity contribution in [3.05, 3.63) is 65.5 Å². The number of nitrogens with zero attached hydrogens (tertiary/aromatic N) is 1. The second-order valence-electron chi connectivity index (χ2n) is 4.59. The molecule has 0 saturated carbocycles. The van der Waals surface area contributed by atoms with Gasteiger partial charge in [-0.05, 0) is 24.6 Å². The molecule has 1 N–H and O–H groups in total. The van der Waals surface area contributed by atoms with Crippen LogP contribution in [0.15, 0.2) is 48.8 Å². The summed E-state index contributed by atoms with van der Waals surface area (Å²) in [5.41, 5.74) is 2.06. The number of pyridine rings is 1. The van der Waals surface area contributed by atoms with Crippen molar-refractivity contribution in [2.45, 2.75) is 13.0 Å². The Morgan fingerprint density at radius 1 is 1.24 bits per heavy atom. The third-order valence-electron chi connectivity index (χ3n) is 3.01. The molecule has 0 spiro atoms. The first-order valence-electron chi connectivity index (χ1n) is 6.47. The van der Waals surface area contributed by atoms with Crippen LogP contribution in [0.25, 0.3) is 0 Å². The SMILES string of the molecule is COC(=O)[C@H](NC(=O)c1cccnc1)c1cccc(C)c1. The van der Waals surface area contributed by atoms with E-state index in [0.29, 0.717) is 11.1 Å². The number of nitrogens with one attached hydrogen (secondary N) is 1. The van der Waals surface area contributed by atoms with Crippen LogP contribution in [0.3, 0.4) is 0 Å². The predicted octanol–water partition coefficient (Wildman–Crippen LogP) is 2.03. The zero-order chi connectivity index (χ0) is 15.2. The lowest BCUT2D eigenvalue weighted by atomic mass is 10.0. The van der Waals surface area contributed by atoms with Gasteiger partial charge in [-0.25, -0.2) is 4.79 Å². The molecule has 0 aliphatic rings. The maximum atomic E-state index is 12.2. The number of amides is 1. The van der Waals surface area contributed by atoms with E-state index in [9.17, 15) is 9.59 Å². The van der Waals surface area contributed by atoms with E-state index >= 15 is 0 Å². The van der Waals surface area contributed by atoms with Gasteiger partial charge in [0.05, 0.1) is 12.7 Å². The summed E-state index contributed by atoms with van der Waals surface area (Å²) in [5, 5.41) is 2.67. The molecule has 0 radical (unpaired) electrons. The lowest BCUT2D eigenvalue weighted by Crippen LogP contribution is -2.34. The summed E-state index contributed by atoms with van der Waals surface area (Å²) in [4.78, 5) is 28.0. The van der Waals surface area contributed by atoms with Gasteiger partial charge >= 0.3 is 5.97 Å². The summed E-state index contributed by atoms with van der Waals surface area (Å²) in [6.45, 7) is 1.92. The van der Waals surface area contributed by atoms with Crippen molar-refractivity contribution in [3.63, 3.8) is 0 Å². The van der Waals surface area contributed by atoms with Crippen LogP contribution in [0.2, 0.25) is 0 Å². The van der Waals surface area contributed by atoms with Crippen LogP contribution in [-0.2, 0) is 9.53 Å². The number of methoxy groups -OCH3 is 1. The summed E-state index contributed by atoms with van der Waals surface area (Å²) >= 11 is 0. The molecule has 5 nitrogen and oxygen atoms in total. The average Bonchev–Trinajstić information content (AvgIpc) is 2.52. The summed E-state index contributed by atoms with van der Waals surface area (Å²) < 4.78 is 4.77. The van der Waals surface area contributed by atoms with Gasteiger partial charge in [0, 0.05) is 12.4 Å². The summed E-state index contributed by atoms with van der Waals surface area (Å²) in [5.74, 6) is -0.891. The van der Waals surface area contributed by atoms with Crippen LogP contribution >= 0.6 is 0 Å². The molecule has 1 atom stereocenters. The fourth-order valence-electron chi connectivity index (χ4n) is 1.96. The van der Waals surface area contributed by atoms with Crippen LogP contribution in [0, 0.1) is 6.92 Å². The number of ether oxygens (including phenoxy) is 1. The van der Waals surface area contributed by atoms with Crippen molar-refractivity contribution in [1.82, 2.24) is 10.3 Å². The molecule has 0 aliphatic carbocycles. The van der Waals surface area contributed by atoms with Crippen LogP contribution in [0.4, 0.5) is 0 Å². The fraction of sp³-hybridized carbons (Fsp3) is 0.188. The van der Waals surface area contributed by atoms with Gasteiger partial charge in [0.2, 0.25) is 0 Å². The van der Waals surface area contributed by atoms with E-state index in [1.165, 1.54) is 13.3 Å². The molecule has 0 bridgehead atoms. The molecule has 0 aliphatic heterocycles. The van der Waals surface area contributed by atoms with Crippen molar-refractivity contribution in [1.29, 1.82) is 0 Å². The van der Waals surface area contributed by atoms with Gasteiger partial charge in [-0.2, -0.15) is 0 Å². The molecule has 2 rings (SSSR count). The summed E-state index contributed by atoms with van der Waals surface area (Å²) in [6.07, 6.45) is 3.02. The Labute approximate surface area is 123 Å². The highest BCUT2D eigenvalue weighted by Gasteiger charge is 2.24. The highest BCUT2D eigenvalue weighted by atomic mass is 16.5. The van der Waals surface area contributed by atoms with E-state index in [0.717, 1.165) is 5.56 Å². The number of carbonyl (C=O) groups excluding carboxylic acids is 2. The predicted molar refractivity (Wildman–Crippen MR) is 77.6 cm³/mol. The summed E-state index contributed by atoms with van der Waals surface area (Å²) in [7, 11) is 1.29. The molecule has 1 heterocycles. The van der Waals surface area contributed by atoms with Gasteiger partial charge in [-0.15, -0.1) is 0 Å². The number of esters is 1. The van der Waals surface area contributed by atoms with Crippen LogP contribution in [0.1, 0.15) is 27.5 Å². The van der Waals surface area contributed by atoms with Crippen LogP contribution in [-0.4, -0.2) is 24.0 Å². The maximum Gasteiger partial charge on any atom is 0.333 e. The average molecular weight is 284 g/mol. The van der Waals surface area contributed by atoms with Gasteiger partial charge in [0.15, 0.2) is 6.04 Å². The third kappa shape index (κ3) is 3.66. The Morgan fingerprint density at radius 2 is 2.05 bits per heavy atom. The molecule has 0 unspecified atom stereocenters. The van der Waals surface area contributed by atoms with Crippen molar-refractivity contribution in [2.75, 3.05) is 7.11 Å². The van der Waals surface area contributed by atoms with E-state index in [4.69, 9.17) is 4.74 Å². The molecule has 1 amide bonds. The van der Waals surface area contributed by atoms with Crippen molar-refractivity contribution in [2.24, 2.45) is 0 Å². The number of aromatic nitrogens is 1.